The second-order valence-electron chi connectivity index (χ2n) is 6.83. The lowest BCUT2D eigenvalue weighted by molar-refractivity contribution is 0.261. The molecule has 0 amide bonds. The predicted octanol–water partition coefficient (Wildman–Crippen LogP) is 3.37. The molecule has 1 saturated carbocycles. The minimum Gasteiger partial charge on any atom is -0.492 e. The van der Waals surface area contributed by atoms with Crippen molar-refractivity contribution in [3.63, 3.8) is 0 Å². The van der Waals surface area contributed by atoms with Gasteiger partial charge in [-0.25, -0.2) is 4.99 Å². The number of guanidine groups is 1. The van der Waals surface area contributed by atoms with Crippen LogP contribution in [0.15, 0.2) is 29.3 Å². The van der Waals surface area contributed by atoms with Gasteiger partial charge in [-0.05, 0) is 44.6 Å². The van der Waals surface area contributed by atoms with Crippen LogP contribution in [-0.2, 0) is 6.54 Å². The Morgan fingerprint density at radius 1 is 1.24 bits per heavy atom. The molecule has 0 bridgehead atoms. The normalized spacial score (nSPS) is 16.2. The highest BCUT2D eigenvalue weighted by molar-refractivity contribution is 14.0. The van der Waals surface area contributed by atoms with E-state index < -0.39 is 0 Å². The predicted molar refractivity (Wildman–Crippen MR) is 116 cm³/mol. The van der Waals surface area contributed by atoms with Crippen molar-refractivity contribution in [2.75, 3.05) is 27.2 Å². The van der Waals surface area contributed by atoms with E-state index in [9.17, 15) is 0 Å². The number of likely N-dealkylation sites (N-methyl/N-ethyl adjacent to an activating group) is 1. The van der Waals surface area contributed by atoms with Crippen molar-refractivity contribution >= 4 is 29.9 Å². The summed E-state index contributed by atoms with van der Waals surface area (Å²) >= 11 is 0. The first-order chi connectivity index (χ1) is 11.6. The number of nitrogens with two attached hydrogens (primary N) is 1. The molecule has 0 spiro atoms. The first kappa shape index (κ1) is 22.0. The van der Waals surface area contributed by atoms with E-state index in [0.717, 1.165) is 17.9 Å². The third-order valence-corrected chi connectivity index (χ3v) is 4.34. The van der Waals surface area contributed by atoms with Gasteiger partial charge in [0.25, 0.3) is 0 Å². The Morgan fingerprint density at radius 2 is 1.96 bits per heavy atom. The van der Waals surface area contributed by atoms with Crippen LogP contribution in [0.1, 0.15) is 44.1 Å². The molecule has 142 valence electrons. The quantitative estimate of drug-likeness (QED) is 0.284. The molecule has 1 aromatic rings. The van der Waals surface area contributed by atoms with Crippen molar-refractivity contribution in [3.8, 4) is 5.75 Å². The Labute approximate surface area is 169 Å². The molecule has 1 aromatic carbocycles. The number of halogens is 1. The zero-order chi connectivity index (χ0) is 17.2. The molecule has 0 aromatic heterocycles. The minimum absolute atomic E-state index is 0. The van der Waals surface area contributed by atoms with Gasteiger partial charge in [-0.1, -0.05) is 37.8 Å². The van der Waals surface area contributed by atoms with Gasteiger partial charge >= 0.3 is 0 Å². The van der Waals surface area contributed by atoms with Gasteiger partial charge in [-0.3, -0.25) is 0 Å². The summed E-state index contributed by atoms with van der Waals surface area (Å²) in [5.41, 5.74) is 7.17. The van der Waals surface area contributed by atoms with Crippen molar-refractivity contribution in [2.45, 2.75) is 51.1 Å². The SMILES string of the molecule is CN(C)CCOc1cccc(CN=C(N)NC2CCCCCC2)c1.I. The fraction of sp³-hybridized carbons (Fsp3) is 0.632. The Bertz CT molecular complexity index is 514. The molecule has 0 radical (unpaired) electrons. The van der Waals surface area contributed by atoms with E-state index in [1.807, 2.05) is 32.3 Å². The smallest absolute Gasteiger partial charge is 0.189 e. The van der Waals surface area contributed by atoms with Crippen LogP contribution in [0.3, 0.4) is 0 Å². The molecule has 0 atom stereocenters. The van der Waals surface area contributed by atoms with E-state index in [-0.39, 0.29) is 24.0 Å². The molecule has 0 unspecified atom stereocenters. The molecule has 5 nitrogen and oxygen atoms in total. The zero-order valence-electron chi connectivity index (χ0n) is 15.5. The van der Waals surface area contributed by atoms with Crippen LogP contribution in [0.2, 0.25) is 0 Å². The van der Waals surface area contributed by atoms with Gasteiger partial charge in [0.2, 0.25) is 0 Å². The summed E-state index contributed by atoms with van der Waals surface area (Å²) in [6.07, 6.45) is 7.66. The van der Waals surface area contributed by atoms with Crippen molar-refractivity contribution in [1.29, 1.82) is 0 Å². The third-order valence-electron chi connectivity index (χ3n) is 4.34. The number of nitrogens with one attached hydrogen (secondary N) is 1. The number of hydrogen-bond acceptors (Lipinski definition) is 3. The van der Waals surface area contributed by atoms with Crippen LogP contribution in [-0.4, -0.2) is 44.1 Å². The molecule has 1 aliphatic rings. The van der Waals surface area contributed by atoms with Gasteiger partial charge in [-0.2, -0.15) is 0 Å². The summed E-state index contributed by atoms with van der Waals surface area (Å²) in [7, 11) is 4.08. The summed E-state index contributed by atoms with van der Waals surface area (Å²) in [4.78, 5) is 6.59. The Hall–Kier alpha value is -1.02. The van der Waals surface area contributed by atoms with Gasteiger partial charge in [-0.15, -0.1) is 24.0 Å². The molecule has 1 aliphatic carbocycles. The molecule has 0 saturated heterocycles. The lowest BCUT2D eigenvalue weighted by Gasteiger charge is -2.16. The highest BCUT2D eigenvalue weighted by atomic mass is 127. The maximum Gasteiger partial charge on any atom is 0.189 e. The second kappa shape index (κ2) is 12.4. The Morgan fingerprint density at radius 3 is 2.64 bits per heavy atom. The number of benzene rings is 1. The van der Waals surface area contributed by atoms with Gasteiger partial charge in [0.05, 0.1) is 6.54 Å². The highest BCUT2D eigenvalue weighted by Gasteiger charge is 2.12. The molecule has 25 heavy (non-hydrogen) atoms. The van der Waals surface area contributed by atoms with Crippen molar-refractivity contribution < 1.29 is 4.74 Å². The summed E-state index contributed by atoms with van der Waals surface area (Å²) in [5, 5.41) is 3.38. The van der Waals surface area contributed by atoms with Crippen molar-refractivity contribution in [1.82, 2.24) is 10.2 Å². The molecule has 1 fully saturated rings. The maximum atomic E-state index is 6.06. The Kier molecular flexibility index (Phi) is 10.9. The van der Waals surface area contributed by atoms with Crippen LogP contribution in [0.5, 0.6) is 5.75 Å². The van der Waals surface area contributed by atoms with Crippen LogP contribution >= 0.6 is 24.0 Å². The van der Waals surface area contributed by atoms with Crippen molar-refractivity contribution in [2.24, 2.45) is 10.7 Å². The van der Waals surface area contributed by atoms with Gasteiger partial charge in [0.1, 0.15) is 12.4 Å². The topological polar surface area (TPSA) is 62.9 Å². The summed E-state index contributed by atoms with van der Waals surface area (Å²) in [6.45, 7) is 2.17. The highest BCUT2D eigenvalue weighted by Crippen LogP contribution is 2.17. The Balaban J connectivity index is 0.00000312. The van der Waals surface area contributed by atoms with Crippen LogP contribution < -0.4 is 15.8 Å². The van der Waals surface area contributed by atoms with Crippen LogP contribution in [0.25, 0.3) is 0 Å². The minimum atomic E-state index is 0. The summed E-state index contributed by atoms with van der Waals surface area (Å²) in [6, 6.07) is 8.57. The largest absolute Gasteiger partial charge is 0.492 e. The third kappa shape index (κ3) is 9.30. The molecular formula is C19H33IN4O. The molecular weight excluding hydrogens is 427 g/mol. The lowest BCUT2D eigenvalue weighted by Crippen LogP contribution is -2.39. The monoisotopic (exact) mass is 460 g/mol. The number of aliphatic imine (C=N–C) groups is 1. The van der Waals surface area contributed by atoms with Crippen LogP contribution in [0.4, 0.5) is 0 Å². The number of ether oxygens (including phenoxy) is 1. The van der Waals surface area contributed by atoms with Gasteiger partial charge in [0.15, 0.2) is 5.96 Å². The first-order valence-corrected chi connectivity index (χ1v) is 9.06. The van der Waals surface area contributed by atoms with E-state index in [1.54, 1.807) is 0 Å². The van der Waals surface area contributed by atoms with Crippen molar-refractivity contribution in [3.05, 3.63) is 29.8 Å². The van der Waals surface area contributed by atoms with E-state index in [2.05, 4.69) is 21.3 Å². The summed E-state index contributed by atoms with van der Waals surface area (Å²) < 4.78 is 5.76. The fourth-order valence-corrected chi connectivity index (χ4v) is 2.93. The molecule has 3 N–H and O–H groups in total. The first-order valence-electron chi connectivity index (χ1n) is 9.06. The average molecular weight is 460 g/mol. The standard InChI is InChI=1S/C19H32N4O.HI/c1-23(2)12-13-24-18-11-7-8-16(14-18)15-21-19(20)22-17-9-5-3-4-6-10-17;/h7-8,11,14,17H,3-6,9-10,12-13,15H2,1-2H3,(H3,20,21,22);1H. The molecule has 0 heterocycles. The van der Waals surface area contributed by atoms with Gasteiger partial charge in [0, 0.05) is 12.6 Å². The summed E-state index contributed by atoms with van der Waals surface area (Å²) in [5.74, 6) is 1.45. The van der Waals surface area contributed by atoms with E-state index in [1.165, 1.54) is 38.5 Å². The average Bonchev–Trinajstić information content (AvgIpc) is 2.82. The number of rotatable bonds is 7. The molecule has 6 heteroatoms. The van der Waals surface area contributed by atoms with E-state index in [0.29, 0.717) is 25.2 Å². The van der Waals surface area contributed by atoms with E-state index in [4.69, 9.17) is 10.5 Å². The van der Waals surface area contributed by atoms with E-state index >= 15 is 0 Å². The lowest BCUT2D eigenvalue weighted by atomic mass is 10.1. The number of hydrogen-bond donors (Lipinski definition) is 2. The maximum absolute atomic E-state index is 6.06. The number of nitrogens with zero attached hydrogens (tertiary/aromatic N) is 2. The molecule has 0 aliphatic heterocycles. The van der Waals surface area contributed by atoms with Gasteiger partial charge < -0.3 is 20.7 Å². The zero-order valence-corrected chi connectivity index (χ0v) is 17.9. The second-order valence-corrected chi connectivity index (χ2v) is 6.83. The molecule has 2 rings (SSSR count). The fourth-order valence-electron chi connectivity index (χ4n) is 2.93. The van der Waals surface area contributed by atoms with Crippen LogP contribution in [0, 0.1) is 0 Å².